The van der Waals surface area contributed by atoms with E-state index in [0.717, 1.165) is 25.0 Å². The molecule has 6 heteroatoms. The molecule has 0 unspecified atom stereocenters. The molecule has 0 spiro atoms. The van der Waals surface area contributed by atoms with Crippen molar-refractivity contribution in [3.05, 3.63) is 32.4 Å². The van der Waals surface area contributed by atoms with Crippen molar-refractivity contribution in [2.75, 3.05) is 0 Å². The van der Waals surface area contributed by atoms with Gasteiger partial charge in [0.2, 0.25) is 0 Å². The molecule has 1 aliphatic rings. The molecule has 0 aliphatic heterocycles. The van der Waals surface area contributed by atoms with E-state index in [1.54, 1.807) is 0 Å². The van der Waals surface area contributed by atoms with Crippen molar-refractivity contribution in [3.8, 4) is 11.4 Å². The molecule has 0 radical (unpaired) electrons. The number of aromatic amines is 2. The molecule has 2 aromatic heterocycles. The zero-order chi connectivity index (χ0) is 13.4. The first-order valence-corrected chi connectivity index (χ1v) is 7.02. The first-order chi connectivity index (χ1) is 9.20. The van der Waals surface area contributed by atoms with Crippen LogP contribution < -0.4 is 5.56 Å². The minimum Gasteiger partial charge on any atom is -0.325 e. The fourth-order valence-electron chi connectivity index (χ4n) is 2.66. The molecule has 0 atom stereocenters. The minimum absolute atomic E-state index is 0.0793. The summed E-state index contributed by atoms with van der Waals surface area (Å²) in [6.45, 7) is 2.68. The van der Waals surface area contributed by atoms with Gasteiger partial charge in [-0.1, -0.05) is 0 Å². The lowest BCUT2D eigenvalue weighted by Gasteiger charge is -2.15. The van der Waals surface area contributed by atoms with Gasteiger partial charge in [0, 0.05) is 12.2 Å². The molecule has 0 saturated carbocycles. The molecular weight excluding hydrogens is 260 g/mol. The molecule has 5 nitrogen and oxygen atoms in total. The third kappa shape index (κ3) is 2.06. The molecule has 2 heterocycles. The monoisotopic (exact) mass is 276 g/mol. The molecule has 100 valence electrons. The van der Waals surface area contributed by atoms with Crippen LogP contribution in [-0.4, -0.2) is 19.7 Å². The second-order valence-electron chi connectivity index (χ2n) is 4.82. The smallest absolute Gasteiger partial charge is 0.259 e. The van der Waals surface area contributed by atoms with Crippen LogP contribution in [0, 0.1) is 4.77 Å². The highest BCUT2D eigenvalue weighted by Crippen LogP contribution is 2.22. The number of pyridine rings is 1. The van der Waals surface area contributed by atoms with Gasteiger partial charge in [-0.05, 0) is 56.5 Å². The zero-order valence-electron chi connectivity index (χ0n) is 10.8. The summed E-state index contributed by atoms with van der Waals surface area (Å²) in [4.78, 5) is 15.2. The molecule has 0 bridgehead atoms. The van der Waals surface area contributed by atoms with Crippen molar-refractivity contribution in [2.24, 2.45) is 0 Å². The van der Waals surface area contributed by atoms with Crippen molar-refractivity contribution >= 4 is 12.2 Å². The largest absolute Gasteiger partial charge is 0.325 e. The summed E-state index contributed by atoms with van der Waals surface area (Å²) < 4.78 is 2.39. The fourth-order valence-corrected chi connectivity index (χ4v) is 2.92. The topological polar surface area (TPSA) is 66.5 Å². The predicted octanol–water partition coefficient (Wildman–Crippen LogP) is 2.19. The molecule has 19 heavy (non-hydrogen) atoms. The van der Waals surface area contributed by atoms with Crippen LogP contribution in [0.2, 0.25) is 0 Å². The summed E-state index contributed by atoms with van der Waals surface area (Å²) in [6, 6.07) is 1.98. The van der Waals surface area contributed by atoms with E-state index in [2.05, 4.69) is 15.2 Å². The number of nitrogens with zero attached hydrogens (tertiary/aromatic N) is 2. The first kappa shape index (κ1) is 12.3. The van der Waals surface area contributed by atoms with Crippen LogP contribution in [0.5, 0.6) is 0 Å². The number of H-pyrrole nitrogens is 2. The lowest BCUT2D eigenvalue weighted by Crippen LogP contribution is -2.18. The van der Waals surface area contributed by atoms with Gasteiger partial charge < -0.3 is 9.55 Å². The Morgan fingerprint density at radius 2 is 2.21 bits per heavy atom. The van der Waals surface area contributed by atoms with Gasteiger partial charge in [0.1, 0.15) is 0 Å². The van der Waals surface area contributed by atoms with Crippen LogP contribution in [0.25, 0.3) is 11.4 Å². The fraction of sp³-hybridized carbons (Fsp3) is 0.462. The Kier molecular flexibility index (Phi) is 3.10. The molecule has 0 amide bonds. The van der Waals surface area contributed by atoms with E-state index in [9.17, 15) is 4.79 Å². The Hall–Kier alpha value is -1.69. The van der Waals surface area contributed by atoms with Crippen molar-refractivity contribution in [1.29, 1.82) is 0 Å². The van der Waals surface area contributed by atoms with Crippen molar-refractivity contribution in [3.63, 3.8) is 0 Å². The van der Waals surface area contributed by atoms with E-state index in [-0.39, 0.29) is 5.56 Å². The number of nitrogens with one attached hydrogen (secondary N) is 2. The third-order valence-corrected chi connectivity index (χ3v) is 3.97. The second-order valence-corrected chi connectivity index (χ2v) is 5.21. The van der Waals surface area contributed by atoms with E-state index in [0.29, 0.717) is 22.7 Å². The standard InChI is InChI=1S/C13H16N4OS/c1-2-17-11(15-16-13(17)19)9-7-8-5-3-4-6-10(8)14-12(9)18/h7H,2-6H2,1H3,(H,14,18)(H,16,19). The molecule has 0 fully saturated rings. The normalized spacial score (nSPS) is 14.4. The van der Waals surface area contributed by atoms with Crippen LogP contribution in [0.1, 0.15) is 31.0 Å². The highest BCUT2D eigenvalue weighted by Gasteiger charge is 2.17. The second kappa shape index (κ2) is 4.77. The molecular formula is C13H16N4OS. The molecule has 0 saturated heterocycles. The summed E-state index contributed by atoms with van der Waals surface area (Å²) in [5, 5.41) is 6.95. The molecule has 0 aromatic carbocycles. The van der Waals surface area contributed by atoms with Crippen LogP contribution in [0.15, 0.2) is 10.9 Å². The Morgan fingerprint density at radius 3 is 3.00 bits per heavy atom. The van der Waals surface area contributed by atoms with Gasteiger partial charge in [-0.3, -0.25) is 9.89 Å². The number of rotatable bonds is 2. The van der Waals surface area contributed by atoms with Crippen molar-refractivity contribution in [2.45, 2.75) is 39.2 Å². The maximum absolute atomic E-state index is 12.2. The molecule has 2 aromatic rings. The van der Waals surface area contributed by atoms with Gasteiger partial charge in [0.25, 0.3) is 5.56 Å². The maximum Gasteiger partial charge on any atom is 0.259 e. The first-order valence-electron chi connectivity index (χ1n) is 6.61. The molecule has 3 rings (SSSR count). The number of hydrogen-bond acceptors (Lipinski definition) is 3. The van der Waals surface area contributed by atoms with Crippen LogP contribution in [0.3, 0.4) is 0 Å². The Bertz CT molecular complexity index is 725. The minimum atomic E-state index is -0.0793. The van der Waals surface area contributed by atoms with E-state index in [1.165, 1.54) is 12.0 Å². The molecule has 2 N–H and O–H groups in total. The third-order valence-electron chi connectivity index (χ3n) is 3.65. The van der Waals surface area contributed by atoms with Crippen LogP contribution >= 0.6 is 12.2 Å². The number of aryl methyl sites for hydroxylation is 2. The van der Waals surface area contributed by atoms with Gasteiger partial charge in [0.05, 0.1) is 5.56 Å². The quantitative estimate of drug-likeness (QED) is 0.826. The SMILES string of the molecule is CCn1c(-c2cc3c([nH]c2=O)CCCC3)n[nH]c1=S. The summed E-state index contributed by atoms with van der Waals surface area (Å²) in [5.41, 5.74) is 2.84. The Morgan fingerprint density at radius 1 is 1.42 bits per heavy atom. The predicted molar refractivity (Wildman–Crippen MR) is 75.8 cm³/mol. The van der Waals surface area contributed by atoms with Gasteiger partial charge in [0.15, 0.2) is 10.6 Å². The summed E-state index contributed by atoms with van der Waals surface area (Å²) in [6.07, 6.45) is 4.32. The van der Waals surface area contributed by atoms with Gasteiger partial charge in [-0.15, -0.1) is 0 Å². The summed E-state index contributed by atoms with van der Waals surface area (Å²) in [7, 11) is 0. The average Bonchev–Trinajstić information content (AvgIpc) is 2.78. The van der Waals surface area contributed by atoms with Crippen molar-refractivity contribution < 1.29 is 0 Å². The Balaban J connectivity index is 2.20. The maximum atomic E-state index is 12.2. The lowest BCUT2D eigenvalue weighted by molar-refractivity contribution is 0.665. The van der Waals surface area contributed by atoms with Gasteiger partial charge >= 0.3 is 0 Å². The van der Waals surface area contributed by atoms with Gasteiger partial charge in [-0.25, -0.2) is 0 Å². The molecule has 1 aliphatic carbocycles. The van der Waals surface area contributed by atoms with E-state index in [4.69, 9.17) is 12.2 Å². The average molecular weight is 276 g/mol. The van der Waals surface area contributed by atoms with Crippen molar-refractivity contribution in [1.82, 2.24) is 19.7 Å². The van der Waals surface area contributed by atoms with E-state index >= 15 is 0 Å². The summed E-state index contributed by atoms with van der Waals surface area (Å²) in [5.74, 6) is 0.627. The van der Waals surface area contributed by atoms with Crippen LogP contribution in [-0.2, 0) is 19.4 Å². The number of aromatic nitrogens is 4. The number of hydrogen-bond donors (Lipinski definition) is 2. The highest BCUT2D eigenvalue weighted by molar-refractivity contribution is 7.71. The Labute approximate surface area is 115 Å². The highest BCUT2D eigenvalue weighted by atomic mass is 32.1. The van der Waals surface area contributed by atoms with E-state index in [1.807, 2.05) is 17.6 Å². The summed E-state index contributed by atoms with van der Waals surface area (Å²) >= 11 is 5.17. The lowest BCUT2D eigenvalue weighted by atomic mass is 9.95. The zero-order valence-corrected chi connectivity index (χ0v) is 11.6. The number of fused-ring (bicyclic) bond motifs is 1. The van der Waals surface area contributed by atoms with Crippen LogP contribution in [0.4, 0.5) is 0 Å². The van der Waals surface area contributed by atoms with Gasteiger partial charge in [-0.2, -0.15) is 5.10 Å². The van der Waals surface area contributed by atoms with E-state index < -0.39 is 0 Å².